The Morgan fingerprint density at radius 3 is 2.95 bits per heavy atom. The van der Waals surface area contributed by atoms with Crippen LogP contribution in [0.25, 0.3) is 5.65 Å². The number of aromatic nitrogens is 3. The van der Waals surface area contributed by atoms with Crippen LogP contribution in [0.15, 0.2) is 12.3 Å². The third-order valence-electron chi connectivity index (χ3n) is 4.56. The Morgan fingerprint density at radius 2 is 2.23 bits per heavy atom. The molecular formula is C16H22N4O2. The second-order valence-corrected chi connectivity index (χ2v) is 6.15. The van der Waals surface area contributed by atoms with E-state index < -0.39 is 0 Å². The fraction of sp³-hybridized carbons (Fsp3) is 0.562. The van der Waals surface area contributed by atoms with E-state index in [-0.39, 0.29) is 18.6 Å². The van der Waals surface area contributed by atoms with Gasteiger partial charge in [-0.2, -0.15) is 5.10 Å². The van der Waals surface area contributed by atoms with Gasteiger partial charge >= 0.3 is 0 Å². The summed E-state index contributed by atoms with van der Waals surface area (Å²) < 4.78 is 1.82. The highest BCUT2D eigenvalue weighted by atomic mass is 16.3. The SMILES string of the molecule is Cc1nc2ccnn2c(C)c1CCC(=O)NC1CC(CO)C1. The van der Waals surface area contributed by atoms with Crippen LogP contribution in [0.4, 0.5) is 0 Å². The van der Waals surface area contributed by atoms with Crippen molar-refractivity contribution in [2.24, 2.45) is 5.92 Å². The molecule has 3 rings (SSSR count). The van der Waals surface area contributed by atoms with Crippen LogP contribution in [0, 0.1) is 19.8 Å². The first-order valence-electron chi connectivity index (χ1n) is 7.78. The van der Waals surface area contributed by atoms with Crippen molar-refractivity contribution in [2.45, 2.75) is 45.6 Å². The third kappa shape index (κ3) is 2.83. The maximum atomic E-state index is 12.0. The Labute approximate surface area is 129 Å². The van der Waals surface area contributed by atoms with Gasteiger partial charge in [-0.1, -0.05) is 0 Å². The average molecular weight is 302 g/mol. The second-order valence-electron chi connectivity index (χ2n) is 6.15. The van der Waals surface area contributed by atoms with Crippen molar-refractivity contribution in [1.82, 2.24) is 19.9 Å². The lowest BCUT2D eigenvalue weighted by molar-refractivity contribution is -0.122. The molecule has 1 saturated carbocycles. The number of carbonyl (C=O) groups is 1. The summed E-state index contributed by atoms with van der Waals surface area (Å²) in [4.78, 5) is 16.6. The summed E-state index contributed by atoms with van der Waals surface area (Å²) >= 11 is 0. The number of aliphatic hydroxyl groups is 1. The highest BCUT2D eigenvalue weighted by molar-refractivity contribution is 5.76. The Hall–Kier alpha value is -1.95. The first-order valence-corrected chi connectivity index (χ1v) is 7.78. The Balaban J connectivity index is 1.60. The number of aryl methyl sites for hydroxylation is 2. The predicted molar refractivity (Wildman–Crippen MR) is 82.5 cm³/mol. The van der Waals surface area contributed by atoms with E-state index in [0.717, 1.165) is 35.4 Å². The molecule has 0 spiro atoms. The van der Waals surface area contributed by atoms with Crippen molar-refractivity contribution in [3.05, 3.63) is 29.2 Å². The molecule has 2 N–H and O–H groups in total. The molecule has 0 radical (unpaired) electrons. The molecule has 2 aromatic heterocycles. The molecular weight excluding hydrogens is 280 g/mol. The number of aliphatic hydroxyl groups excluding tert-OH is 1. The number of rotatable bonds is 5. The van der Waals surface area contributed by atoms with Crippen molar-refractivity contribution < 1.29 is 9.90 Å². The van der Waals surface area contributed by atoms with Gasteiger partial charge in [0, 0.05) is 36.5 Å². The topological polar surface area (TPSA) is 79.5 Å². The van der Waals surface area contributed by atoms with Gasteiger partial charge in [0.15, 0.2) is 5.65 Å². The van der Waals surface area contributed by atoms with Crippen LogP contribution in [0.1, 0.15) is 36.2 Å². The largest absolute Gasteiger partial charge is 0.396 e. The highest BCUT2D eigenvalue weighted by Gasteiger charge is 2.29. The minimum absolute atomic E-state index is 0.0701. The van der Waals surface area contributed by atoms with Crippen LogP contribution < -0.4 is 5.32 Å². The average Bonchev–Trinajstić information content (AvgIpc) is 2.90. The van der Waals surface area contributed by atoms with Crippen LogP contribution in [0.2, 0.25) is 0 Å². The van der Waals surface area contributed by atoms with Gasteiger partial charge in [0.2, 0.25) is 5.91 Å². The van der Waals surface area contributed by atoms with Gasteiger partial charge in [-0.3, -0.25) is 4.79 Å². The minimum Gasteiger partial charge on any atom is -0.396 e. The van der Waals surface area contributed by atoms with Gasteiger partial charge in [0.25, 0.3) is 0 Å². The summed E-state index contributed by atoms with van der Waals surface area (Å²) in [5.74, 6) is 0.432. The second kappa shape index (κ2) is 6.04. The highest BCUT2D eigenvalue weighted by Crippen LogP contribution is 2.26. The molecule has 22 heavy (non-hydrogen) atoms. The Kier molecular flexibility index (Phi) is 4.11. The van der Waals surface area contributed by atoms with Gasteiger partial charge in [0.05, 0.1) is 6.20 Å². The molecule has 1 aliphatic rings. The molecule has 0 aliphatic heterocycles. The van der Waals surface area contributed by atoms with Gasteiger partial charge in [-0.05, 0) is 44.6 Å². The number of fused-ring (bicyclic) bond motifs is 1. The fourth-order valence-corrected chi connectivity index (χ4v) is 3.17. The molecule has 0 aromatic carbocycles. The lowest BCUT2D eigenvalue weighted by atomic mass is 9.81. The summed E-state index contributed by atoms with van der Waals surface area (Å²) in [6.45, 7) is 4.21. The van der Waals surface area contributed by atoms with Gasteiger partial charge < -0.3 is 10.4 Å². The quantitative estimate of drug-likeness (QED) is 0.869. The van der Waals surface area contributed by atoms with Crippen molar-refractivity contribution in [3.63, 3.8) is 0 Å². The van der Waals surface area contributed by atoms with Crippen molar-refractivity contribution in [3.8, 4) is 0 Å². The monoisotopic (exact) mass is 302 g/mol. The van der Waals surface area contributed by atoms with Crippen LogP contribution in [-0.4, -0.2) is 38.3 Å². The molecule has 2 heterocycles. The first-order chi connectivity index (χ1) is 10.6. The summed E-state index contributed by atoms with van der Waals surface area (Å²) in [6.07, 6.45) is 4.64. The number of carbonyl (C=O) groups excluding carboxylic acids is 1. The predicted octanol–water partition coefficient (Wildman–Crippen LogP) is 1.17. The standard InChI is InChI=1S/C16H22N4O2/c1-10-14(11(2)20-15(18-10)5-6-17-20)3-4-16(22)19-13-7-12(8-13)9-21/h5-6,12-13,21H,3-4,7-9H2,1-2H3,(H,19,22). The summed E-state index contributed by atoms with van der Waals surface area (Å²) in [5.41, 5.74) is 3.94. The maximum Gasteiger partial charge on any atom is 0.220 e. The van der Waals surface area contributed by atoms with Crippen molar-refractivity contribution in [2.75, 3.05) is 6.61 Å². The molecule has 6 nitrogen and oxygen atoms in total. The van der Waals surface area contributed by atoms with Gasteiger partial charge in [-0.15, -0.1) is 0 Å². The summed E-state index contributed by atoms with van der Waals surface area (Å²) in [5, 5.41) is 16.3. The van der Waals surface area contributed by atoms with Gasteiger partial charge in [0.1, 0.15) is 0 Å². The molecule has 0 atom stereocenters. The number of amides is 1. The first kappa shape index (κ1) is 15.0. The number of hydrogen-bond donors (Lipinski definition) is 2. The van der Waals surface area contributed by atoms with E-state index in [9.17, 15) is 4.79 Å². The fourth-order valence-electron chi connectivity index (χ4n) is 3.17. The molecule has 0 bridgehead atoms. The molecule has 118 valence electrons. The van der Waals surface area contributed by atoms with E-state index in [2.05, 4.69) is 15.4 Å². The number of nitrogens with zero attached hydrogens (tertiary/aromatic N) is 3. The number of nitrogens with one attached hydrogen (secondary N) is 1. The van der Waals surface area contributed by atoms with Crippen LogP contribution >= 0.6 is 0 Å². The molecule has 6 heteroatoms. The van der Waals surface area contributed by atoms with E-state index in [1.54, 1.807) is 6.20 Å². The summed E-state index contributed by atoms with van der Waals surface area (Å²) in [7, 11) is 0. The molecule has 1 amide bonds. The van der Waals surface area contributed by atoms with Crippen molar-refractivity contribution >= 4 is 11.6 Å². The Morgan fingerprint density at radius 1 is 1.45 bits per heavy atom. The number of hydrogen-bond acceptors (Lipinski definition) is 4. The summed E-state index contributed by atoms with van der Waals surface area (Å²) in [6, 6.07) is 2.11. The van der Waals surface area contributed by atoms with Crippen molar-refractivity contribution in [1.29, 1.82) is 0 Å². The molecule has 0 unspecified atom stereocenters. The Bertz CT molecular complexity index is 689. The lowest BCUT2D eigenvalue weighted by Gasteiger charge is -2.34. The zero-order valence-corrected chi connectivity index (χ0v) is 13.0. The van der Waals surface area contributed by atoms with E-state index in [1.165, 1.54) is 0 Å². The van der Waals surface area contributed by atoms with Crippen LogP contribution in [0.3, 0.4) is 0 Å². The molecule has 1 aliphatic carbocycles. The smallest absolute Gasteiger partial charge is 0.220 e. The molecule has 2 aromatic rings. The van der Waals surface area contributed by atoms with Crippen LogP contribution in [-0.2, 0) is 11.2 Å². The maximum absolute atomic E-state index is 12.0. The zero-order valence-electron chi connectivity index (χ0n) is 13.0. The van der Waals surface area contributed by atoms with Crippen LogP contribution in [0.5, 0.6) is 0 Å². The molecule has 0 saturated heterocycles. The normalized spacial score (nSPS) is 20.9. The molecule has 1 fully saturated rings. The van der Waals surface area contributed by atoms with Gasteiger partial charge in [-0.25, -0.2) is 9.50 Å². The van der Waals surface area contributed by atoms with E-state index in [0.29, 0.717) is 18.8 Å². The van der Waals surface area contributed by atoms with E-state index >= 15 is 0 Å². The minimum atomic E-state index is 0.0701. The van der Waals surface area contributed by atoms with E-state index in [4.69, 9.17) is 5.11 Å². The lowest BCUT2D eigenvalue weighted by Crippen LogP contribution is -2.45. The zero-order chi connectivity index (χ0) is 15.7. The third-order valence-corrected chi connectivity index (χ3v) is 4.56. The van der Waals surface area contributed by atoms with E-state index in [1.807, 2.05) is 24.4 Å².